The Labute approximate surface area is 69.6 Å². The first-order chi connectivity index (χ1) is 5.54. The topological polar surface area (TPSA) is 93.0 Å². The summed E-state index contributed by atoms with van der Waals surface area (Å²) < 4.78 is 0. The van der Waals surface area contributed by atoms with Gasteiger partial charge in [-0.3, -0.25) is 5.32 Å². The molecule has 2 aliphatic rings. The highest BCUT2D eigenvalue weighted by molar-refractivity contribution is 5.07. The Balaban J connectivity index is 2.25. The lowest BCUT2D eigenvalue weighted by Crippen LogP contribution is -2.67. The highest BCUT2D eigenvalue weighted by atomic mass is 16.4. The van der Waals surface area contributed by atoms with Gasteiger partial charge in [0.15, 0.2) is 0 Å². The quantitative estimate of drug-likeness (QED) is 0.281. The summed E-state index contributed by atoms with van der Waals surface area (Å²) in [6.45, 7) is 0. The maximum absolute atomic E-state index is 9.65. The molecule has 2 aliphatic heterocycles. The smallest absolute Gasteiger partial charge is 0.145 e. The first-order valence-electron chi connectivity index (χ1n) is 4.09. The van der Waals surface area contributed by atoms with Crippen LogP contribution in [0.15, 0.2) is 0 Å². The molecule has 2 rings (SSSR count). The Morgan fingerprint density at radius 2 is 1.83 bits per heavy atom. The molecule has 0 aromatic rings. The van der Waals surface area contributed by atoms with Crippen molar-refractivity contribution in [1.29, 1.82) is 0 Å². The zero-order valence-corrected chi connectivity index (χ0v) is 6.51. The highest BCUT2D eigenvalue weighted by Gasteiger charge is 2.55. The van der Waals surface area contributed by atoms with Gasteiger partial charge < -0.3 is 20.4 Å². The van der Waals surface area contributed by atoms with Crippen molar-refractivity contribution >= 4 is 0 Å². The van der Waals surface area contributed by atoms with Crippen molar-refractivity contribution in [1.82, 2.24) is 5.32 Å². The zero-order chi connectivity index (χ0) is 8.93. The predicted molar refractivity (Wildman–Crippen MR) is 39.1 cm³/mol. The van der Waals surface area contributed by atoms with Gasteiger partial charge in [-0.2, -0.15) is 0 Å². The van der Waals surface area contributed by atoms with Crippen molar-refractivity contribution in [3.05, 3.63) is 0 Å². The number of aliphatic hydroxyl groups excluding tert-OH is 3. The van der Waals surface area contributed by atoms with Crippen molar-refractivity contribution in [3.8, 4) is 0 Å². The van der Waals surface area contributed by atoms with Gasteiger partial charge in [-0.15, -0.1) is 0 Å². The van der Waals surface area contributed by atoms with E-state index in [1.807, 2.05) is 0 Å². The van der Waals surface area contributed by atoms with Crippen molar-refractivity contribution in [3.63, 3.8) is 0 Å². The van der Waals surface area contributed by atoms with Crippen LogP contribution >= 0.6 is 0 Å². The molecule has 70 valence electrons. The van der Waals surface area contributed by atoms with E-state index in [1.165, 1.54) is 0 Å². The molecule has 12 heavy (non-hydrogen) atoms. The fourth-order valence-electron chi connectivity index (χ4n) is 2.04. The number of rotatable bonds is 0. The van der Waals surface area contributed by atoms with Gasteiger partial charge in [0.05, 0.1) is 6.10 Å². The molecule has 0 aliphatic carbocycles. The molecule has 0 aromatic carbocycles. The molecule has 0 spiro atoms. The van der Waals surface area contributed by atoms with Crippen molar-refractivity contribution < 1.29 is 20.4 Å². The second-order valence-electron chi connectivity index (χ2n) is 3.64. The SMILES string of the molecule is O[C@@H]1[C@H](O)[C@@H]2CC[C@@](O)(N2)[C@@H]1O. The molecule has 2 fully saturated rings. The van der Waals surface area contributed by atoms with Crippen LogP contribution < -0.4 is 5.32 Å². The summed E-state index contributed by atoms with van der Waals surface area (Å²) in [7, 11) is 0. The number of hydrogen-bond donors (Lipinski definition) is 5. The van der Waals surface area contributed by atoms with E-state index in [2.05, 4.69) is 5.32 Å². The van der Waals surface area contributed by atoms with E-state index < -0.39 is 24.0 Å². The van der Waals surface area contributed by atoms with Gasteiger partial charge in [-0.25, -0.2) is 0 Å². The summed E-state index contributed by atoms with van der Waals surface area (Å²) in [4.78, 5) is 0. The molecule has 5 N–H and O–H groups in total. The largest absolute Gasteiger partial charge is 0.389 e. The van der Waals surface area contributed by atoms with Crippen LogP contribution in [0.25, 0.3) is 0 Å². The van der Waals surface area contributed by atoms with E-state index in [1.54, 1.807) is 0 Å². The van der Waals surface area contributed by atoms with E-state index in [0.29, 0.717) is 12.8 Å². The van der Waals surface area contributed by atoms with Crippen LogP contribution in [0.2, 0.25) is 0 Å². The van der Waals surface area contributed by atoms with Crippen molar-refractivity contribution in [2.45, 2.75) is 42.9 Å². The van der Waals surface area contributed by atoms with Crippen LogP contribution in [-0.2, 0) is 0 Å². The Kier molecular flexibility index (Phi) is 1.68. The number of nitrogens with one attached hydrogen (secondary N) is 1. The van der Waals surface area contributed by atoms with Crippen LogP contribution in [0.1, 0.15) is 12.8 Å². The minimum atomic E-state index is -1.40. The first-order valence-corrected chi connectivity index (χ1v) is 4.09. The molecule has 0 amide bonds. The predicted octanol–water partition coefficient (Wildman–Crippen LogP) is -2.48. The summed E-state index contributed by atoms with van der Waals surface area (Å²) in [5.41, 5.74) is -1.40. The Morgan fingerprint density at radius 3 is 2.50 bits per heavy atom. The van der Waals surface area contributed by atoms with Crippen molar-refractivity contribution in [2.75, 3.05) is 0 Å². The lowest BCUT2D eigenvalue weighted by atomic mass is 9.94. The summed E-state index contributed by atoms with van der Waals surface area (Å²) in [5, 5.41) is 40.4. The summed E-state index contributed by atoms with van der Waals surface area (Å²) >= 11 is 0. The minimum absolute atomic E-state index is 0.298. The molecule has 2 heterocycles. The molecule has 5 nitrogen and oxygen atoms in total. The molecule has 5 atom stereocenters. The van der Waals surface area contributed by atoms with Crippen LogP contribution in [0.4, 0.5) is 0 Å². The zero-order valence-electron chi connectivity index (χ0n) is 6.51. The normalized spacial score (nSPS) is 59.0. The van der Waals surface area contributed by atoms with E-state index in [4.69, 9.17) is 0 Å². The average Bonchev–Trinajstić information content (AvgIpc) is 2.41. The van der Waals surface area contributed by atoms with Crippen LogP contribution in [0, 0.1) is 0 Å². The second-order valence-corrected chi connectivity index (χ2v) is 3.64. The van der Waals surface area contributed by atoms with Gasteiger partial charge >= 0.3 is 0 Å². The maximum Gasteiger partial charge on any atom is 0.145 e. The molecular formula is C7H13NO4. The van der Waals surface area contributed by atoms with Gasteiger partial charge in [0, 0.05) is 6.04 Å². The third-order valence-corrected chi connectivity index (χ3v) is 2.85. The Hall–Kier alpha value is -0.200. The summed E-state index contributed by atoms with van der Waals surface area (Å²) in [6.07, 6.45) is -2.59. The number of hydrogen-bond acceptors (Lipinski definition) is 5. The van der Waals surface area contributed by atoms with Crippen LogP contribution in [0.3, 0.4) is 0 Å². The number of aliphatic hydroxyl groups is 4. The van der Waals surface area contributed by atoms with Gasteiger partial charge in [0.1, 0.15) is 17.9 Å². The van der Waals surface area contributed by atoms with Crippen LogP contribution in [0.5, 0.6) is 0 Å². The van der Waals surface area contributed by atoms with Crippen LogP contribution in [-0.4, -0.2) is 50.5 Å². The highest BCUT2D eigenvalue weighted by Crippen LogP contribution is 2.34. The maximum atomic E-state index is 9.65. The molecule has 5 heteroatoms. The van der Waals surface area contributed by atoms with E-state index in [9.17, 15) is 20.4 Å². The Bertz CT molecular complexity index is 200. The summed E-state index contributed by atoms with van der Waals surface area (Å²) in [5.74, 6) is 0. The Morgan fingerprint density at radius 1 is 1.17 bits per heavy atom. The fraction of sp³-hybridized carbons (Fsp3) is 1.00. The molecule has 0 aromatic heterocycles. The standard InChI is InChI=1S/C7H13NO4/c9-4-3-1-2-7(12,8-3)6(11)5(4)10/h3-6,8-12H,1-2H2/t3-,4+,5+,6+,7-/m0/s1. The molecule has 0 radical (unpaired) electrons. The van der Waals surface area contributed by atoms with Crippen molar-refractivity contribution in [2.24, 2.45) is 0 Å². The molecule has 0 unspecified atom stereocenters. The monoisotopic (exact) mass is 175 g/mol. The van der Waals surface area contributed by atoms with E-state index >= 15 is 0 Å². The van der Waals surface area contributed by atoms with Gasteiger partial charge in [0.25, 0.3) is 0 Å². The minimum Gasteiger partial charge on any atom is -0.389 e. The molecular weight excluding hydrogens is 162 g/mol. The van der Waals surface area contributed by atoms with E-state index in [0.717, 1.165) is 0 Å². The second kappa shape index (κ2) is 2.40. The average molecular weight is 175 g/mol. The lowest BCUT2D eigenvalue weighted by Gasteiger charge is -2.40. The van der Waals surface area contributed by atoms with Gasteiger partial charge in [0.2, 0.25) is 0 Å². The first kappa shape index (κ1) is 8.40. The fourth-order valence-corrected chi connectivity index (χ4v) is 2.04. The molecule has 2 bridgehead atoms. The van der Waals surface area contributed by atoms with E-state index in [-0.39, 0.29) is 6.04 Å². The number of piperidine rings is 1. The third kappa shape index (κ3) is 0.915. The number of fused-ring (bicyclic) bond motifs is 2. The molecule has 0 saturated carbocycles. The summed E-state index contributed by atoms with van der Waals surface area (Å²) in [6, 6.07) is -0.298. The molecule has 2 saturated heterocycles. The van der Waals surface area contributed by atoms with Gasteiger partial charge in [-0.05, 0) is 12.8 Å². The van der Waals surface area contributed by atoms with Gasteiger partial charge in [-0.1, -0.05) is 0 Å². The third-order valence-electron chi connectivity index (χ3n) is 2.85. The lowest BCUT2D eigenvalue weighted by molar-refractivity contribution is -0.186.